The van der Waals surface area contributed by atoms with Gasteiger partial charge in [0.1, 0.15) is 22.0 Å². The van der Waals surface area contributed by atoms with Crippen LogP contribution < -0.4 is 9.47 Å². The molecular weight excluding hydrogens is 608 g/mol. The summed E-state index contributed by atoms with van der Waals surface area (Å²) in [4.78, 5) is 31.4. The second-order valence-corrected chi connectivity index (χ2v) is 13.9. The maximum Gasteiger partial charge on any atom is 0.410 e. The third-order valence-electron chi connectivity index (χ3n) is 8.37. The average Bonchev–Trinajstić information content (AvgIpc) is 3.38. The summed E-state index contributed by atoms with van der Waals surface area (Å²) in [7, 11) is 5.10. The van der Waals surface area contributed by atoms with Crippen LogP contribution in [-0.4, -0.2) is 60.8 Å². The summed E-state index contributed by atoms with van der Waals surface area (Å²) in [6.07, 6.45) is 2.68. The summed E-state index contributed by atoms with van der Waals surface area (Å²) in [5.74, 6) is 1.41. The molecule has 1 heterocycles. The van der Waals surface area contributed by atoms with E-state index in [1.54, 1.807) is 26.2 Å². The molecule has 1 aromatic heterocycles. The van der Waals surface area contributed by atoms with Crippen molar-refractivity contribution in [2.75, 3.05) is 21.3 Å². The van der Waals surface area contributed by atoms with Crippen molar-refractivity contribution in [1.29, 1.82) is 0 Å². The van der Waals surface area contributed by atoms with Gasteiger partial charge in [0.2, 0.25) is 0 Å². The molecule has 1 aliphatic rings. The summed E-state index contributed by atoms with van der Waals surface area (Å²) >= 11 is 8.28. The van der Waals surface area contributed by atoms with E-state index in [1.807, 2.05) is 86.3 Å². The number of thiophene rings is 1. The van der Waals surface area contributed by atoms with E-state index in [0.717, 1.165) is 58.2 Å². The standard InChI is InChI=1S/C36H41ClN2O5S/c1-36(2,3)44-35(41)38(4)26-14-16-27(17-15-26)39(34(40)33-32(37)29-9-7-8-10-31(29)45-33)22-25-21-24(13-20-30(25)43-6)23-11-18-28(42-5)19-12-23/h7-13,18-21,26-27H,14-17,22H2,1-6H3. The highest BCUT2D eigenvalue weighted by Gasteiger charge is 2.35. The quantitative estimate of drug-likeness (QED) is 0.191. The molecule has 238 valence electrons. The van der Waals surface area contributed by atoms with Crippen molar-refractivity contribution in [3.63, 3.8) is 0 Å². The Morgan fingerprint density at radius 2 is 1.53 bits per heavy atom. The topological polar surface area (TPSA) is 68.3 Å². The molecule has 0 radical (unpaired) electrons. The van der Waals surface area contributed by atoms with Crippen LogP contribution in [0, 0.1) is 0 Å². The van der Waals surface area contributed by atoms with Crippen LogP contribution in [0.25, 0.3) is 21.2 Å². The van der Waals surface area contributed by atoms with Crippen molar-refractivity contribution in [3.8, 4) is 22.6 Å². The van der Waals surface area contributed by atoms with E-state index in [4.69, 9.17) is 25.8 Å². The van der Waals surface area contributed by atoms with Crippen LogP contribution >= 0.6 is 22.9 Å². The SMILES string of the molecule is COc1ccc(-c2ccc(OC)c(CN(C(=O)c3sc4ccccc4c3Cl)C3CCC(N(C)C(=O)OC(C)(C)C)CC3)c2)cc1. The second kappa shape index (κ2) is 13.7. The molecule has 0 bridgehead atoms. The summed E-state index contributed by atoms with van der Waals surface area (Å²) < 4.78 is 17.7. The molecule has 0 aliphatic heterocycles. The zero-order valence-corrected chi connectivity index (χ0v) is 28.3. The van der Waals surface area contributed by atoms with Crippen molar-refractivity contribution in [1.82, 2.24) is 9.80 Å². The number of methoxy groups -OCH3 is 2. The van der Waals surface area contributed by atoms with Gasteiger partial charge in [-0.3, -0.25) is 4.79 Å². The number of carbonyl (C=O) groups is 2. The van der Waals surface area contributed by atoms with Gasteiger partial charge in [0.15, 0.2) is 0 Å². The average molecular weight is 649 g/mol. The van der Waals surface area contributed by atoms with Gasteiger partial charge in [-0.15, -0.1) is 11.3 Å². The number of nitrogens with zero attached hydrogens (tertiary/aromatic N) is 2. The maximum atomic E-state index is 14.5. The third kappa shape index (κ3) is 7.39. The Bertz CT molecular complexity index is 1650. The Morgan fingerprint density at radius 3 is 2.16 bits per heavy atom. The van der Waals surface area contributed by atoms with E-state index in [1.165, 1.54) is 11.3 Å². The molecule has 0 atom stereocenters. The lowest BCUT2D eigenvalue weighted by atomic mass is 9.89. The minimum absolute atomic E-state index is 0.0360. The van der Waals surface area contributed by atoms with Gasteiger partial charge in [-0.25, -0.2) is 4.79 Å². The lowest BCUT2D eigenvalue weighted by Crippen LogP contribution is -2.47. The van der Waals surface area contributed by atoms with Crippen LogP contribution in [0.1, 0.15) is 61.7 Å². The Morgan fingerprint density at radius 1 is 0.889 bits per heavy atom. The number of halogens is 1. The fourth-order valence-electron chi connectivity index (χ4n) is 5.94. The molecule has 0 N–H and O–H groups in total. The largest absolute Gasteiger partial charge is 0.497 e. The molecule has 2 amide bonds. The summed E-state index contributed by atoms with van der Waals surface area (Å²) in [6, 6.07) is 21.8. The van der Waals surface area contributed by atoms with Gasteiger partial charge in [0.25, 0.3) is 5.91 Å². The van der Waals surface area contributed by atoms with Crippen molar-refractivity contribution < 1.29 is 23.8 Å². The third-order valence-corrected chi connectivity index (χ3v) is 10.0. The van der Waals surface area contributed by atoms with Crippen molar-refractivity contribution >= 4 is 45.0 Å². The summed E-state index contributed by atoms with van der Waals surface area (Å²) in [5.41, 5.74) is 2.40. The number of hydrogen-bond acceptors (Lipinski definition) is 6. The first-order chi connectivity index (χ1) is 21.5. The Labute approximate surface area is 274 Å². The summed E-state index contributed by atoms with van der Waals surface area (Å²) in [5, 5.41) is 1.37. The van der Waals surface area contributed by atoms with Crippen LogP contribution in [0.3, 0.4) is 0 Å². The number of ether oxygens (including phenoxy) is 3. The van der Waals surface area contributed by atoms with E-state index >= 15 is 0 Å². The highest BCUT2D eigenvalue weighted by Crippen LogP contribution is 2.39. The molecular formula is C36H41ClN2O5S. The normalized spacial score (nSPS) is 16.7. The van der Waals surface area contributed by atoms with E-state index < -0.39 is 5.60 Å². The smallest absolute Gasteiger partial charge is 0.410 e. The van der Waals surface area contributed by atoms with E-state index in [9.17, 15) is 9.59 Å². The highest BCUT2D eigenvalue weighted by atomic mass is 35.5. The minimum Gasteiger partial charge on any atom is -0.497 e. The number of rotatable bonds is 8. The first kappa shape index (κ1) is 32.6. The Kier molecular flexibility index (Phi) is 9.94. The number of fused-ring (bicyclic) bond motifs is 1. The van der Waals surface area contributed by atoms with Crippen LogP contribution in [0.15, 0.2) is 66.7 Å². The lowest BCUT2D eigenvalue weighted by Gasteiger charge is -2.40. The first-order valence-corrected chi connectivity index (χ1v) is 16.4. The van der Waals surface area contributed by atoms with Crippen LogP contribution in [0.2, 0.25) is 5.02 Å². The molecule has 5 rings (SSSR count). The van der Waals surface area contributed by atoms with Gasteiger partial charge in [0.05, 0.1) is 19.2 Å². The van der Waals surface area contributed by atoms with E-state index in [-0.39, 0.29) is 24.1 Å². The van der Waals surface area contributed by atoms with Crippen molar-refractivity contribution in [2.24, 2.45) is 0 Å². The van der Waals surface area contributed by atoms with Gasteiger partial charge < -0.3 is 24.0 Å². The summed E-state index contributed by atoms with van der Waals surface area (Å²) in [6.45, 7) is 5.97. The first-order valence-electron chi connectivity index (χ1n) is 15.2. The lowest BCUT2D eigenvalue weighted by molar-refractivity contribution is 0.0144. The predicted molar refractivity (Wildman–Crippen MR) is 182 cm³/mol. The Balaban J connectivity index is 1.45. The second-order valence-electron chi connectivity index (χ2n) is 12.5. The highest BCUT2D eigenvalue weighted by molar-refractivity contribution is 7.21. The van der Waals surface area contributed by atoms with Gasteiger partial charge in [-0.1, -0.05) is 48.0 Å². The molecule has 1 saturated carbocycles. The molecule has 9 heteroatoms. The van der Waals surface area contributed by atoms with Crippen LogP contribution in [-0.2, 0) is 11.3 Å². The number of amides is 2. The maximum absolute atomic E-state index is 14.5. The van der Waals surface area contributed by atoms with E-state index in [0.29, 0.717) is 22.2 Å². The Hall–Kier alpha value is -3.75. The van der Waals surface area contributed by atoms with Gasteiger partial charge >= 0.3 is 6.09 Å². The number of carbonyl (C=O) groups excluding carboxylic acids is 2. The minimum atomic E-state index is -0.561. The van der Waals surface area contributed by atoms with E-state index in [2.05, 4.69) is 6.07 Å². The molecule has 1 fully saturated rings. The molecule has 45 heavy (non-hydrogen) atoms. The van der Waals surface area contributed by atoms with Gasteiger partial charge in [-0.05, 0) is 87.9 Å². The molecule has 0 spiro atoms. The van der Waals surface area contributed by atoms with Crippen LogP contribution in [0.5, 0.6) is 11.5 Å². The fraction of sp³-hybridized carbons (Fsp3) is 0.389. The zero-order valence-electron chi connectivity index (χ0n) is 26.8. The molecule has 4 aromatic rings. The van der Waals surface area contributed by atoms with Gasteiger partial charge in [-0.2, -0.15) is 0 Å². The molecule has 7 nitrogen and oxygen atoms in total. The monoisotopic (exact) mass is 648 g/mol. The van der Waals surface area contributed by atoms with Crippen molar-refractivity contribution in [2.45, 2.75) is 70.7 Å². The molecule has 0 unspecified atom stereocenters. The predicted octanol–water partition coefficient (Wildman–Crippen LogP) is 9.06. The molecule has 1 aliphatic carbocycles. The van der Waals surface area contributed by atoms with Crippen molar-refractivity contribution in [3.05, 3.63) is 82.2 Å². The zero-order chi connectivity index (χ0) is 32.3. The van der Waals surface area contributed by atoms with Gasteiger partial charge in [0, 0.05) is 41.3 Å². The van der Waals surface area contributed by atoms with Crippen LogP contribution in [0.4, 0.5) is 4.79 Å². The molecule has 0 saturated heterocycles. The fourth-order valence-corrected chi connectivity index (χ4v) is 7.41. The molecule has 3 aromatic carbocycles. The number of hydrogen-bond donors (Lipinski definition) is 0. The number of benzene rings is 3.